The van der Waals surface area contributed by atoms with Crippen molar-refractivity contribution in [3.63, 3.8) is 0 Å². The summed E-state index contributed by atoms with van der Waals surface area (Å²) >= 11 is 5.83. The number of nitrogens with two attached hydrogens (primary N) is 1. The zero-order valence-electron chi connectivity index (χ0n) is 10.2. The average molecular weight is 288 g/mol. The van der Waals surface area contributed by atoms with Crippen molar-refractivity contribution in [1.29, 1.82) is 0 Å². The monoisotopic (exact) mass is 287 g/mol. The smallest absolute Gasteiger partial charge is 0.258 e. The van der Waals surface area contributed by atoms with Crippen LogP contribution in [0, 0.1) is 0 Å². The summed E-state index contributed by atoms with van der Waals surface area (Å²) in [7, 11) is 0. The Hall–Kier alpha value is -2.53. The molecule has 20 heavy (non-hydrogen) atoms. The number of phenols is 1. The molecule has 3 N–H and O–H groups in total. The first-order valence-corrected chi connectivity index (χ1v) is 6.20. The van der Waals surface area contributed by atoms with Crippen LogP contribution in [-0.2, 0) is 0 Å². The Kier molecular flexibility index (Phi) is 3.04. The molecule has 0 spiro atoms. The summed E-state index contributed by atoms with van der Waals surface area (Å²) in [5.41, 5.74) is 7.24. The van der Waals surface area contributed by atoms with E-state index < -0.39 is 0 Å². The van der Waals surface area contributed by atoms with Crippen LogP contribution in [0.2, 0.25) is 5.02 Å². The second kappa shape index (κ2) is 4.86. The second-order valence-electron chi connectivity index (χ2n) is 4.20. The van der Waals surface area contributed by atoms with E-state index in [-0.39, 0.29) is 5.75 Å². The number of aromatic nitrogens is 2. The van der Waals surface area contributed by atoms with Gasteiger partial charge in [-0.05, 0) is 42.5 Å². The molecule has 1 aromatic heterocycles. The largest absolute Gasteiger partial charge is 0.506 e. The molecule has 0 saturated heterocycles. The zero-order valence-corrected chi connectivity index (χ0v) is 11.0. The Balaban J connectivity index is 1.97. The molecule has 6 heteroatoms. The predicted octanol–water partition coefficient (Wildman–Crippen LogP) is 3.34. The number of halogens is 1. The number of nitrogens with zero attached hydrogens (tertiary/aromatic N) is 2. The third-order valence-corrected chi connectivity index (χ3v) is 3.06. The zero-order chi connectivity index (χ0) is 14.1. The van der Waals surface area contributed by atoms with E-state index in [9.17, 15) is 5.11 Å². The molecule has 0 radical (unpaired) electrons. The van der Waals surface area contributed by atoms with Crippen LogP contribution in [0.1, 0.15) is 0 Å². The minimum absolute atomic E-state index is 0.0197. The molecular formula is C14H10ClN3O2. The lowest BCUT2D eigenvalue weighted by molar-refractivity contribution is 0.431. The molecule has 2 aromatic carbocycles. The summed E-state index contributed by atoms with van der Waals surface area (Å²) in [6.45, 7) is 0. The van der Waals surface area contributed by atoms with Crippen LogP contribution in [0.5, 0.6) is 5.75 Å². The maximum absolute atomic E-state index is 9.59. The van der Waals surface area contributed by atoms with Gasteiger partial charge in [0.2, 0.25) is 5.82 Å². The van der Waals surface area contributed by atoms with Gasteiger partial charge in [-0.2, -0.15) is 4.98 Å². The van der Waals surface area contributed by atoms with Gasteiger partial charge in [-0.3, -0.25) is 0 Å². The van der Waals surface area contributed by atoms with E-state index in [4.69, 9.17) is 21.9 Å². The predicted molar refractivity (Wildman–Crippen MR) is 76.3 cm³/mol. The third kappa shape index (κ3) is 2.31. The number of nitrogen functional groups attached to an aromatic ring is 1. The summed E-state index contributed by atoms with van der Waals surface area (Å²) in [6, 6.07) is 11.9. The van der Waals surface area contributed by atoms with Gasteiger partial charge in [-0.25, -0.2) is 0 Å². The number of phenolic OH excluding ortho intramolecular Hbond substituents is 1. The van der Waals surface area contributed by atoms with Crippen LogP contribution in [0.4, 0.5) is 5.69 Å². The van der Waals surface area contributed by atoms with Gasteiger partial charge >= 0.3 is 0 Å². The van der Waals surface area contributed by atoms with Crippen LogP contribution in [0.25, 0.3) is 22.8 Å². The summed E-state index contributed by atoms with van der Waals surface area (Å²) in [6.07, 6.45) is 0. The van der Waals surface area contributed by atoms with E-state index in [1.165, 1.54) is 6.07 Å². The maximum atomic E-state index is 9.59. The van der Waals surface area contributed by atoms with E-state index in [1.807, 2.05) is 0 Å². The SMILES string of the molecule is Nc1ccc(-c2nc(-c3ccc(Cl)cc3)no2)cc1O. The van der Waals surface area contributed by atoms with Gasteiger partial charge in [0, 0.05) is 16.1 Å². The van der Waals surface area contributed by atoms with Crippen molar-refractivity contribution in [2.45, 2.75) is 0 Å². The highest BCUT2D eigenvalue weighted by atomic mass is 35.5. The Labute approximate surface area is 119 Å². The van der Waals surface area contributed by atoms with Gasteiger partial charge in [0.05, 0.1) is 5.69 Å². The maximum Gasteiger partial charge on any atom is 0.258 e. The summed E-state index contributed by atoms with van der Waals surface area (Å²) < 4.78 is 5.18. The molecule has 0 bridgehead atoms. The molecule has 0 aliphatic rings. The number of benzene rings is 2. The van der Waals surface area contributed by atoms with Crippen molar-refractivity contribution >= 4 is 17.3 Å². The van der Waals surface area contributed by atoms with E-state index in [1.54, 1.807) is 36.4 Å². The third-order valence-electron chi connectivity index (χ3n) is 2.81. The first-order valence-electron chi connectivity index (χ1n) is 5.82. The van der Waals surface area contributed by atoms with Crippen molar-refractivity contribution < 1.29 is 9.63 Å². The topological polar surface area (TPSA) is 85.2 Å². The number of hydrogen-bond acceptors (Lipinski definition) is 5. The van der Waals surface area contributed by atoms with Crippen molar-refractivity contribution in [2.24, 2.45) is 0 Å². The van der Waals surface area contributed by atoms with Gasteiger partial charge < -0.3 is 15.4 Å². The van der Waals surface area contributed by atoms with Crippen molar-refractivity contribution in [2.75, 3.05) is 5.73 Å². The Morgan fingerprint density at radius 1 is 1.05 bits per heavy atom. The normalized spacial score (nSPS) is 10.7. The van der Waals surface area contributed by atoms with Gasteiger partial charge in [0.25, 0.3) is 5.89 Å². The minimum Gasteiger partial charge on any atom is -0.506 e. The lowest BCUT2D eigenvalue weighted by atomic mass is 10.2. The molecule has 1 heterocycles. The molecule has 0 atom stereocenters. The molecule has 100 valence electrons. The molecule has 3 rings (SSSR count). The van der Waals surface area contributed by atoms with E-state index in [2.05, 4.69) is 10.1 Å². The Bertz CT molecular complexity index is 753. The van der Waals surface area contributed by atoms with E-state index >= 15 is 0 Å². The number of rotatable bonds is 2. The molecule has 0 amide bonds. The first kappa shape index (κ1) is 12.5. The quantitative estimate of drug-likeness (QED) is 0.558. The van der Waals surface area contributed by atoms with Crippen LogP contribution in [-0.4, -0.2) is 15.2 Å². The van der Waals surface area contributed by atoms with Crippen LogP contribution in [0.3, 0.4) is 0 Å². The highest BCUT2D eigenvalue weighted by molar-refractivity contribution is 6.30. The number of anilines is 1. The fourth-order valence-electron chi connectivity index (χ4n) is 1.73. The minimum atomic E-state index is -0.0197. The Morgan fingerprint density at radius 3 is 2.45 bits per heavy atom. The summed E-state index contributed by atoms with van der Waals surface area (Å²) in [5, 5.41) is 14.1. The van der Waals surface area contributed by atoms with Crippen LogP contribution >= 0.6 is 11.6 Å². The van der Waals surface area contributed by atoms with Crippen LogP contribution < -0.4 is 5.73 Å². The lowest BCUT2D eigenvalue weighted by Gasteiger charge is -1.99. The standard InChI is InChI=1S/C14H10ClN3O2/c15-10-4-1-8(2-5-10)13-17-14(20-18-13)9-3-6-11(16)12(19)7-9/h1-7,19H,16H2. The molecule has 0 fully saturated rings. The number of aromatic hydroxyl groups is 1. The molecule has 5 nitrogen and oxygen atoms in total. The van der Waals surface area contributed by atoms with Gasteiger partial charge in [-0.15, -0.1) is 0 Å². The summed E-state index contributed by atoms with van der Waals surface area (Å²) in [4.78, 5) is 4.28. The molecule has 0 saturated carbocycles. The van der Waals surface area contributed by atoms with E-state index in [0.717, 1.165) is 5.56 Å². The molecule has 0 unspecified atom stereocenters. The van der Waals surface area contributed by atoms with Gasteiger partial charge in [0.15, 0.2) is 0 Å². The fraction of sp³-hybridized carbons (Fsp3) is 0. The second-order valence-corrected chi connectivity index (χ2v) is 4.64. The molecule has 0 aliphatic carbocycles. The lowest BCUT2D eigenvalue weighted by Crippen LogP contribution is -1.86. The Morgan fingerprint density at radius 2 is 1.75 bits per heavy atom. The van der Waals surface area contributed by atoms with Crippen molar-refractivity contribution in [3.05, 3.63) is 47.5 Å². The highest BCUT2D eigenvalue weighted by Crippen LogP contribution is 2.28. The van der Waals surface area contributed by atoms with Crippen molar-refractivity contribution in [3.8, 4) is 28.6 Å². The first-order chi connectivity index (χ1) is 9.63. The van der Waals surface area contributed by atoms with Crippen molar-refractivity contribution in [1.82, 2.24) is 10.1 Å². The molecule has 3 aromatic rings. The average Bonchev–Trinajstić information content (AvgIpc) is 2.92. The van der Waals surface area contributed by atoms with E-state index in [0.29, 0.717) is 28.0 Å². The van der Waals surface area contributed by atoms with Gasteiger partial charge in [0.1, 0.15) is 5.75 Å². The number of hydrogen-bond donors (Lipinski definition) is 2. The summed E-state index contributed by atoms with van der Waals surface area (Å²) in [5.74, 6) is 0.743. The molecule has 0 aliphatic heterocycles. The fourth-order valence-corrected chi connectivity index (χ4v) is 1.86. The van der Waals surface area contributed by atoms with Gasteiger partial charge in [-0.1, -0.05) is 16.8 Å². The van der Waals surface area contributed by atoms with Crippen LogP contribution in [0.15, 0.2) is 47.0 Å². The molecular weight excluding hydrogens is 278 g/mol. The highest BCUT2D eigenvalue weighted by Gasteiger charge is 2.11.